The summed E-state index contributed by atoms with van der Waals surface area (Å²) in [4.78, 5) is 3.85. The Balaban J connectivity index is 2.50. The molecular weight excluding hydrogens is 144 g/mol. The number of rotatable bonds is 0. The number of ether oxygens (including phenoxy) is 1. The van der Waals surface area contributed by atoms with E-state index in [0.717, 1.165) is 0 Å². The van der Waals surface area contributed by atoms with E-state index in [-0.39, 0.29) is 0 Å². The lowest BCUT2D eigenvalue weighted by molar-refractivity contribution is 0.453. The molecule has 2 heterocycles. The van der Waals surface area contributed by atoms with Crippen molar-refractivity contribution < 1.29 is 4.74 Å². The van der Waals surface area contributed by atoms with Crippen molar-refractivity contribution in [3.63, 3.8) is 0 Å². The van der Waals surface area contributed by atoms with E-state index >= 15 is 0 Å². The van der Waals surface area contributed by atoms with Crippen LogP contribution >= 0.6 is 0 Å². The van der Waals surface area contributed by atoms with Gasteiger partial charge >= 0.3 is 0 Å². The topological polar surface area (TPSA) is 48.4 Å². The molecule has 1 aliphatic rings. The molecule has 0 aromatic carbocycles. The number of hydroxylamine groups is 1. The number of pyridine rings is 1. The third kappa shape index (κ3) is 0.929. The molecule has 11 heavy (non-hydrogen) atoms. The first-order chi connectivity index (χ1) is 5.38. The molecule has 0 unspecified atom stereocenters. The third-order valence-electron chi connectivity index (χ3n) is 1.36. The van der Waals surface area contributed by atoms with Gasteiger partial charge in [-0.25, -0.2) is 4.98 Å². The second kappa shape index (κ2) is 2.25. The summed E-state index contributed by atoms with van der Waals surface area (Å²) >= 11 is 0. The van der Waals surface area contributed by atoms with Gasteiger partial charge in [0.25, 0.3) is 0 Å². The normalized spacial score (nSPS) is 14.1. The molecule has 4 heteroatoms. The highest BCUT2D eigenvalue weighted by Crippen LogP contribution is 2.27. The van der Waals surface area contributed by atoms with Crippen LogP contribution in [0, 0.1) is 5.21 Å². The number of anilines is 1. The number of aromatic nitrogens is 1. The Bertz CT molecular complexity index is 298. The smallest absolute Gasteiger partial charge is 0.242 e. The summed E-state index contributed by atoms with van der Waals surface area (Å²) in [5.74, 6) is 0.352. The maximum atomic E-state index is 11.0. The number of hydrogen-bond donors (Lipinski definition) is 0. The van der Waals surface area contributed by atoms with E-state index in [1.807, 2.05) is 0 Å². The average molecular weight is 149 g/mol. The fourth-order valence-electron chi connectivity index (χ4n) is 0.871. The molecule has 0 aliphatic carbocycles. The van der Waals surface area contributed by atoms with E-state index in [0.29, 0.717) is 16.6 Å². The van der Waals surface area contributed by atoms with E-state index in [4.69, 9.17) is 4.74 Å². The zero-order valence-corrected chi connectivity index (χ0v) is 5.60. The van der Waals surface area contributed by atoms with E-state index < -0.39 is 0 Å². The van der Waals surface area contributed by atoms with Gasteiger partial charge in [0.2, 0.25) is 5.88 Å². The van der Waals surface area contributed by atoms with E-state index in [9.17, 15) is 5.21 Å². The van der Waals surface area contributed by atoms with Crippen LogP contribution < -0.4 is 9.80 Å². The van der Waals surface area contributed by atoms with Crippen LogP contribution in [0.25, 0.3) is 0 Å². The fourth-order valence-corrected chi connectivity index (χ4v) is 0.871. The highest BCUT2D eigenvalue weighted by Gasteiger charge is 2.06. The van der Waals surface area contributed by atoms with Crippen LogP contribution in [0.4, 0.5) is 5.69 Å². The Labute approximate surface area is 63.3 Å². The van der Waals surface area contributed by atoms with E-state index in [1.54, 1.807) is 18.3 Å². The van der Waals surface area contributed by atoms with Crippen molar-refractivity contribution >= 4 is 5.69 Å². The maximum absolute atomic E-state index is 11.0. The molecule has 2 rings (SSSR count). The van der Waals surface area contributed by atoms with Crippen molar-refractivity contribution in [2.24, 2.45) is 0 Å². The van der Waals surface area contributed by atoms with Crippen LogP contribution in [0.15, 0.2) is 30.8 Å². The third-order valence-corrected chi connectivity index (χ3v) is 1.36. The molecule has 0 radical (unpaired) electrons. The Morgan fingerprint density at radius 2 is 2.45 bits per heavy atom. The van der Waals surface area contributed by atoms with Crippen molar-refractivity contribution in [3.05, 3.63) is 36.0 Å². The van der Waals surface area contributed by atoms with Crippen LogP contribution in [0.5, 0.6) is 5.88 Å². The van der Waals surface area contributed by atoms with E-state index in [2.05, 4.69) is 4.98 Å². The highest BCUT2D eigenvalue weighted by atomic mass is 16.5. The molecule has 0 saturated heterocycles. The molecule has 0 saturated carbocycles. The molecule has 0 spiro atoms. The number of fused-ring (bicyclic) bond motifs is 1. The van der Waals surface area contributed by atoms with Gasteiger partial charge in [-0.05, 0) is 12.1 Å². The van der Waals surface area contributed by atoms with Crippen LogP contribution in [0.2, 0.25) is 0 Å². The zero-order valence-electron chi connectivity index (χ0n) is 5.60. The highest BCUT2D eigenvalue weighted by molar-refractivity contribution is 5.59. The minimum atomic E-state index is 0.352. The lowest BCUT2D eigenvalue weighted by Gasteiger charge is -2.29. The van der Waals surface area contributed by atoms with E-state index in [1.165, 1.54) is 12.5 Å². The monoisotopic (exact) mass is 149 g/mol. The first-order valence-corrected chi connectivity index (χ1v) is 3.12. The van der Waals surface area contributed by atoms with Crippen LogP contribution in [0.1, 0.15) is 0 Å². The first-order valence-electron chi connectivity index (χ1n) is 3.12. The number of nitrogens with zero attached hydrogens (tertiary/aromatic N) is 2. The van der Waals surface area contributed by atoms with Crippen LogP contribution in [-0.4, -0.2) is 4.98 Å². The van der Waals surface area contributed by atoms with Gasteiger partial charge in [-0.1, -0.05) is 0 Å². The molecule has 0 amide bonds. The predicted octanol–water partition coefficient (Wildman–Crippen LogP) is 1.25. The van der Waals surface area contributed by atoms with Crippen molar-refractivity contribution in [2.75, 3.05) is 5.06 Å². The predicted molar refractivity (Wildman–Crippen MR) is 39.9 cm³/mol. The minimum absolute atomic E-state index is 0.352. The molecule has 4 nitrogen and oxygen atoms in total. The van der Waals surface area contributed by atoms with Gasteiger partial charge in [-0.15, -0.1) is 0 Å². The van der Waals surface area contributed by atoms with Gasteiger partial charge in [0, 0.05) is 12.4 Å². The van der Waals surface area contributed by atoms with Crippen LogP contribution in [-0.2, 0) is 0 Å². The molecule has 56 valence electrons. The molecule has 0 atom stereocenters. The summed E-state index contributed by atoms with van der Waals surface area (Å²) in [5, 5.41) is 11.7. The van der Waals surface area contributed by atoms with Gasteiger partial charge < -0.3 is 15.0 Å². The van der Waals surface area contributed by atoms with Gasteiger partial charge in [-0.2, -0.15) is 0 Å². The molecule has 1 aromatic heterocycles. The summed E-state index contributed by atoms with van der Waals surface area (Å²) in [6.45, 7) is 0. The number of hydrogen-bond acceptors (Lipinski definition) is 4. The largest absolute Gasteiger partial charge is 0.754 e. The lowest BCUT2D eigenvalue weighted by atomic mass is 10.4. The van der Waals surface area contributed by atoms with Crippen LogP contribution in [0.3, 0.4) is 0 Å². The van der Waals surface area contributed by atoms with Gasteiger partial charge in [0.05, 0.1) is 5.69 Å². The molecule has 0 bridgehead atoms. The second-order valence-electron chi connectivity index (χ2n) is 2.06. The SMILES string of the molecule is [O-]N1C=COc2ncccc21. The molecular formula is C7H5N2O2-. The molecule has 1 aromatic rings. The maximum Gasteiger partial charge on any atom is 0.242 e. The minimum Gasteiger partial charge on any atom is -0.754 e. The summed E-state index contributed by atoms with van der Waals surface area (Å²) < 4.78 is 4.96. The summed E-state index contributed by atoms with van der Waals surface area (Å²) in [5.41, 5.74) is 0.440. The van der Waals surface area contributed by atoms with Crippen molar-refractivity contribution in [1.82, 2.24) is 4.98 Å². The Kier molecular flexibility index (Phi) is 1.26. The summed E-state index contributed by atoms with van der Waals surface area (Å²) in [7, 11) is 0. The Morgan fingerprint density at radius 3 is 3.27 bits per heavy atom. The van der Waals surface area contributed by atoms with Gasteiger partial charge in [0.1, 0.15) is 6.26 Å². The second-order valence-corrected chi connectivity index (χ2v) is 2.06. The zero-order chi connectivity index (χ0) is 7.68. The van der Waals surface area contributed by atoms with Crippen molar-refractivity contribution in [1.29, 1.82) is 0 Å². The average Bonchev–Trinajstić information content (AvgIpc) is 2.06. The van der Waals surface area contributed by atoms with Gasteiger partial charge in [0.15, 0.2) is 0 Å². The Morgan fingerprint density at radius 1 is 1.55 bits per heavy atom. The van der Waals surface area contributed by atoms with Crippen molar-refractivity contribution in [2.45, 2.75) is 0 Å². The Hall–Kier alpha value is -1.55. The molecule has 0 fully saturated rings. The lowest BCUT2D eigenvalue weighted by Crippen LogP contribution is -2.11. The standard InChI is InChI=1S/C7H5N2O2/c10-9-4-5-11-7-6(9)2-1-3-8-7/h1-5H/q-1. The first kappa shape index (κ1) is 6.18. The quantitative estimate of drug-likeness (QED) is 0.557. The molecule has 0 N–H and O–H groups in total. The summed E-state index contributed by atoms with van der Waals surface area (Å²) in [6, 6.07) is 3.34. The summed E-state index contributed by atoms with van der Waals surface area (Å²) in [6.07, 6.45) is 4.18. The molecule has 1 aliphatic heterocycles. The van der Waals surface area contributed by atoms with Gasteiger partial charge in [-0.3, -0.25) is 0 Å². The van der Waals surface area contributed by atoms with Crippen molar-refractivity contribution in [3.8, 4) is 5.88 Å². The fraction of sp³-hybridized carbons (Fsp3) is 0.